The number of halogens is 1. The first-order chi connectivity index (χ1) is 13.6. The van der Waals surface area contributed by atoms with Crippen molar-refractivity contribution < 1.29 is 4.39 Å². The average Bonchev–Trinajstić information content (AvgIpc) is 2.71. The monoisotopic (exact) mass is 385 g/mol. The molecule has 0 aromatic heterocycles. The van der Waals surface area contributed by atoms with Crippen LogP contribution in [-0.2, 0) is 13.1 Å². The van der Waals surface area contributed by atoms with Gasteiger partial charge in [-0.3, -0.25) is 4.90 Å². The van der Waals surface area contributed by atoms with Crippen molar-refractivity contribution in [3.63, 3.8) is 0 Å². The predicted molar refractivity (Wildman–Crippen MR) is 121 cm³/mol. The Hall–Kier alpha value is -1.67. The first kappa shape index (κ1) is 24.4. The van der Waals surface area contributed by atoms with Gasteiger partial charge in [0.2, 0.25) is 0 Å². The number of unbranched alkanes of at least 4 members (excludes halogenated alkanes) is 1. The molecule has 156 valence electrons. The lowest BCUT2D eigenvalue weighted by molar-refractivity contribution is 0.212. The summed E-state index contributed by atoms with van der Waals surface area (Å²) in [5.41, 5.74) is 2.52. The zero-order valence-electron chi connectivity index (χ0n) is 18.6. The summed E-state index contributed by atoms with van der Waals surface area (Å²) in [6, 6.07) is 17.6. The minimum Gasteiger partial charge on any atom is -0.295 e. The molecule has 0 aliphatic rings. The van der Waals surface area contributed by atoms with Crippen molar-refractivity contribution in [3.8, 4) is 0 Å². The summed E-state index contributed by atoms with van der Waals surface area (Å²) in [6.45, 7) is 13.9. The third-order valence-electron chi connectivity index (χ3n) is 5.26. The molecule has 0 aliphatic carbocycles. The molecule has 2 aromatic rings. The fourth-order valence-electron chi connectivity index (χ4n) is 3.53. The molecule has 2 heteroatoms. The topological polar surface area (TPSA) is 3.24 Å². The maximum Gasteiger partial charge on any atom is 0.123 e. The Morgan fingerprint density at radius 1 is 0.821 bits per heavy atom. The molecule has 0 N–H and O–H groups in total. The highest BCUT2D eigenvalue weighted by Gasteiger charge is 2.15. The highest BCUT2D eigenvalue weighted by molar-refractivity contribution is 5.17. The van der Waals surface area contributed by atoms with Crippen LogP contribution >= 0.6 is 0 Å². The molecule has 0 fully saturated rings. The summed E-state index contributed by atoms with van der Waals surface area (Å²) in [6.07, 6.45) is 5.14. The van der Waals surface area contributed by atoms with Gasteiger partial charge < -0.3 is 0 Å². The molecule has 0 aliphatic heterocycles. The fourth-order valence-corrected chi connectivity index (χ4v) is 3.53. The van der Waals surface area contributed by atoms with Crippen LogP contribution < -0.4 is 0 Å². The number of hydrogen-bond donors (Lipinski definition) is 0. The van der Waals surface area contributed by atoms with E-state index in [2.05, 4.69) is 56.0 Å². The van der Waals surface area contributed by atoms with Gasteiger partial charge in [-0.15, -0.1) is 0 Å². The molecular formula is C26H40FN. The van der Waals surface area contributed by atoms with E-state index in [0.717, 1.165) is 31.5 Å². The van der Waals surface area contributed by atoms with E-state index in [1.54, 1.807) is 12.1 Å². The van der Waals surface area contributed by atoms with Gasteiger partial charge in [0, 0.05) is 13.1 Å². The lowest BCUT2D eigenvalue weighted by atomic mass is 9.87. The van der Waals surface area contributed by atoms with Crippen molar-refractivity contribution in [1.29, 1.82) is 0 Å². The molecule has 28 heavy (non-hydrogen) atoms. The number of hydrogen-bond acceptors (Lipinski definition) is 1. The van der Waals surface area contributed by atoms with Gasteiger partial charge in [-0.05, 0) is 48.1 Å². The molecule has 1 nitrogen and oxygen atoms in total. The Bertz CT molecular complexity index is 606. The third-order valence-corrected chi connectivity index (χ3v) is 5.26. The number of benzene rings is 2. The van der Waals surface area contributed by atoms with Gasteiger partial charge in [0.1, 0.15) is 5.82 Å². The van der Waals surface area contributed by atoms with Crippen LogP contribution in [0.2, 0.25) is 0 Å². The molecular weight excluding hydrogens is 345 g/mol. The molecule has 0 radical (unpaired) electrons. The summed E-state index contributed by atoms with van der Waals surface area (Å²) >= 11 is 0. The van der Waals surface area contributed by atoms with Crippen molar-refractivity contribution in [2.75, 3.05) is 6.54 Å². The molecule has 0 saturated heterocycles. The van der Waals surface area contributed by atoms with Gasteiger partial charge >= 0.3 is 0 Å². The smallest absolute Gasteiger partial charge is 0.123 e. The SMILES string of the molecule is CC.CCCCC(CCN(Cc1ccccc1)Cc1ccc(F)cc1)C(C)C. The van der Waals surface area contributed by atoms with Crippen LogP contribution in [0.25, 0.3) is 0 Å². The van der Waals surface area contributed by atoms with Crippen LogP contribution in [-0.4, -0.2) is 11.4 Å². The number of rotatable bonds is 11. The highest BCUT2D eigenvalue weighted by atomic mass is 19.1. The fraction of sp³-hybridized carbons (Fsp3) is 0.538. The van der Waals surface area contributed by atoms with Gasteiger partial charge in [-0.25, -0.2) is 4.39 Å². The average molecular weight is 386 g/mol. The largest absolute Gasteiger partial charge is 0.295 e. The Kier molecular flexibility index (Phi) is 12.5. The number of nitrogens with zero attached hydrogens (tertiary/aromatic N) is 1. The molecule has 0 saturated carbocycles. The molecule has 0 heterocycles. The second-order valence-electron chi connectivity index (χ2n) is 7.76. The molecule has 1 unspecified atom stereocenters. The maximum atomic E-state index is 13.2. The van der Waals surface area contributed by atoms with Crippen LogP contribution in [0.1, 0.15) is 71.4 Å². The minimum atomic E-state index is -0.164. The van der Waals surface area contributed by atoms with E-state index in [1.165, 1.54) is 36.8 Å². The van der Waals surface area contributed by atoms with Crippen molar-refractivity contribution >= 4 is 0 Å². The molecule has 2 rings (SSSR count). The molecule has 0 spiro atoms. The lowest BCUT2D eigenvalue weighted by Gasteiger charge is -2.27. The van der Waals surface area contributed by atoms with Gasteiger partial charge in [0.25, 0.3) is 0 Å². The Labute approximate surface area is 173 Å². The van der Waals surface area contributed by atoms with Crippen LogP contribution in [0.3, 0.4) is 0 Å². The second-order valence-corrected chi connectivity index (χ2v) is 7.76. The summed E-state index contributed by atoms with van der Waals surface area (Å²) in [5, 5.41) is 0. The van der Waals surface area contributed by atoms with Gasteiger partial charge in [-0.2, -0.15) is 0 Å². The second kappa shape index (κ2) is 14.3. The van der Waals surface area contributed by atoms with E-state index in [4.69, 9.17) is 0 Å². The normalized spacial score (nSPS) is 12.0. The predicted octanol–water partition coefficient (Wildman–Crippen LogP) is 7.71. The highest BCUT2D eigenvalue weighted by Crippen LogP contribution is 2.23. The van der Waals surface area contributed by atoms with Crippen molar-refractivity contribution in [1.82, 2.24) is 4.90 Å². The lowest BCUT2D eigenvalue weighted by Crippen LogP contribution is -2.26. The Morgan fingerprint density at radius 3 is 1.93 bits per heavy atom. The molecule has 2 aromatic carbocycles. The van der Waals surface area contributed by atoms with Crippen LogP contribution in [0.15, 0.2) is 54.6 Å². The van der Waals surface area contributed by atoms with E-state index in [1.807, 2.05) is 26.0 Å². The van der Waals surface area contributed by atoms with E-state index in [-0.39, 0.29) is 5.82 Å². The Morgan fingerprint density at radius 2 is 1.39 bits per heavy atom. The first-order valence-corrected chi connectivity index (χ1v) is 11.1. The summed E-state index contributed by atoms with van der Waals surface area (Å²) in [4.78, 5) is 2.50. The van der Waals surface area contributed by atoms with E-state index >= 15 is 0 Å². The first-order valence-electron chi connectivity index (χ1n) is 11.1. The Balaban J connectivity index is 0.00000190. The molecule has 0 bridgehead atoms. The quantitative estimate of drug-likeness (QED) is 0.383. The van der Waals surface area contributed by atoms with Crippen LogP contribution in [0.4, 0.5) is 4.39 Å². The third kappa shape index (κ3) is 9.50. The van der Waals surface area contributed by atoms with Crippen molar-refractivity contribution in [3.05, 3.63) is 71.5 Å². The van der Waals surface area contributed by atoms with E-state index in [9.17, 15) is 4.39 Å². The van der Waals surface area contributed by atoms with Crippen LogP contribution in [0.5, 0.6) is 0 Å². The zero-order valence-corrected chi connectivity index (χ0v) is 18.6. The van der Waals surface area contributed by atoms with E-state index in [0.29, 0.717) is 0 Å². The van der Waals surface area contributed by atoms with E-state index < -0.39 is 0 Å². The zero-order chi connectivity index (χ0) is 20.8. The summed E-state index contributed by atoms with van der Waals surface area (Å²) in [7, 11) is 0. The van der Waals surface area contributed by atoms with Crippen LogP contribution in [0, 0.1) is 17.7 Å². The molecule has 1 atom stereocenters. The van der Waals surface area contributed by atoms with Gasteiger partial charge in [0.05, 0.1) is 0 Å². The van der Waals surface area contributed by atoms with Gasteiger partial charge in [0.15, 0.2) is 0 Å². The molecule has 0 amide bonds. The standard InChI is InChI=1S/C24H34FN.C2H6/c1-4-5-11-23(20(2)3)16-17-26(18-21-9-7-6-8-10-21)19-22-12-14-24(25)15-13-22;1-2/h6-10,12-15,20,23H,4-5,11,16-19H2,1-3H3;1-2H3. The maximum absolute atomic E-state index is 13.2. The summed E-state index contributed by atoms with van der Waals surface area (Å²) < 4.78 is 13.2. The van der Waals surface area contributed by atoms with Gasteiger partial charge in [-0.1, -0.05) is 96.3 Å². The summed E-state index contributed by atoms with van der Waals surface area (Å²) in [5.74, 6) is 1.34. The minimum absolute atomic E-state index is 0.164. The van der Waals surface area contributed by atoms with Crippen molar-refractivity contribution in [2.45, 2.75) is 73.4 Å². The van der Waals surface area contributed by atoms with Crippen molar-refractivity contribution in [2.24, 2.45) is 11.8 Å².